The second kappa shape index (κ2) is 8.41. The monoisotopic (exact) mass is 349 g/mol. The molecule has 1 amide bonds. The Morgan fingerprint density at radius 2 is 1.92 bits per heavy atom. The summed E-state index contributed by atoms with van der Waals surface area (Å²) in [6.45, 7) is 6.11. The van der Waals surface area contributed by atoms with E-state index in [1.807, 2.05) is 13.8 Å². The Morgan fingerprint density at radius 3 is 2.60 bits per heavy atom. The summed E-state index contributed by atoms with van der Waals surface area (Å²) < 4.78 is 21.4. The summed E-state index contributed by atoms with van der Waals surface area (Å²) in [6.07, 6.45) is 1.95. The van der Waals surface area contributed by atoms with E-state index in [4.69, 9.17) is 18.9 Å². The number of fused-ring (bicyclic) bond motifs is 1. The Hall–Kier alpha value is -2.70. The van der Waals surface area contributed by atoms with E-state index in [1.165, 1.54) is 20.1 Å². The minimum absolute atomic E-state index is 0.0191. The summed E-state index contributed by atoms with van der Waals surface area (Å²) in [4.78, 5) is 23.6. The maximum atomic E-state index is 11.9. The summed E-state index contributed by atoms with van der Waals surface area (Å²) in [7, 11) is 1.53. The zero-order chi connectivity index (χ0) is 18.4. The van der Waals surface area contributed by atoms with Crippen LogP contribution in [0.4, 0.5) is 0 Å². The maximum Gasteiger partial charge on any atom is 0.331 e. The van der Waals surface area contributed by atoms with Gasteiger partial charge in [-0.15, -0.1) is 0 Å². The van der Waals surface area contributed by atoms with Crippen LogP contribution in [0, 0.1) is 0 Å². The molecule has 1 aromatic rings. The van der Waals surface area contributed by atoms with Crippen LogP contribution in [0.15, 0.2) is 18.2 Å². The number of rotatable bonds is 6. The molecule has 0 radical (unpaired) electrons. The Balaban J connectivity index is 2.03. The SMILES string of the molecule is COc1cc(/C=C/C(=O)O[C@H](C)C(=O)NC(C)C)cc2c1OCCO2. The normalized spacial score (nSPS) is 14.3. The lowest BCUT2D eigenvalue weighted by molar-refractivity contribution is -0.150. The van der Waals surface area contributed by atoms with E-state index in [0.717, 1.165) is 0 Å². The fraction of sp³-hybridized carbons (Fsp3) is 0.444. The highest BCUT2D eigenvalue weighted by Crippen LogP contribution is 2.40. The zero-order valence-corrected chi connectivity index (χ0v) is 14.8. The molecule has 0 unspecified atom stereocenters. The third-order valence-corrected chi connectivity index (χ3v) is 3.36. The molecule has 1 atom stereocenters. The van der Waals surface area contributed by atoms with Gasteiger partial charge in [0.2, 0.25) is 5.75 Å². The first-order chi connectivity index (χ1) is 11.9. The molecule has 7 heteroatoms. The van der Waals surface area contributed by atoms with Crippen molar-refractivity contribution in [3.8, 4) is 17.2 Å². The van der Waals surface area contributed by atoms with Gasteiger partial charge in [0, 0.05) is 12.1 Å². The van der Waals surface area contributed by atoms with E-state index in [0.29, 0.717) is 36.0 Å². The van der Waals surface area contributed by atoms with E-state index in [1.54, 1.807) is 18.2 Å². The van der Waals surface area contributed by atoms with Gasteiger partial charge in [-0.25, -0.2) is 4.79 Å². The van der Waals surface area contributed by atoms with Crippen molar-refractivity contribution in [2.75, 3.05) is 20.3 Å². The van der Waals surface area contributed by atoms with Gasteiger partial charge in [0.25, 0.3) is 5.91 Å². The van der Waals surface area contributed by atoms with E-state index < -0.39 is 12.1 Å². The van der Waals surface area contributed by atoms with Gasteiger partial charge in [-0.3, -0.25) is 4.79 Å². The number of carbonyl (C=O) groups excluding carboxylic acids is 2. The van der Waals surface area contributed by atoms with Crippen LogP contribution in [-0.2, 0) is 14.3 Å². The number of hydrogen-bond donors (Lipinski definition) is 1. The number of methoxy groups -OCH3 is 1. The van der Waals surface area contributed by atoms with Gasteiger partial charge in [-0.1, -0.05) is 0 Å². The molecule has 136 valence electrons. The summed E-state index contributed by atoms with van der Waals surface area (Å²) >= 11 is 0. The molecule has 1 aliphatic heterocycles. The third-order valence-electron chi connectivity index (χ3n) is 3.36. The fourth-order valence-electron chi connectivity index (χ4n) is 2.22. The number of carbonyl (C=O) groups is 2. The average molecular weight is 349 g/mol. The van der Waals surface area contributed by atoms with E-state index in [-0.39, 0.29) is 11.9 Å². The van der Waals surface area contributed by atoms with Gasteiger partial charge in [0.1, 0.15) is 13.2 Å². The maximum absolute atomic E-state index is 11.9. The first kappa shape index (κ1) is 18.6. The Morgan fingerprint density at radius 1 is 1.20 bits per heavy atom. The highest BCUT2D eigenvalue weighted by atomic mass is 16.6. The van der Waals surface area contributed by atoms with Crippen molar-refractivity contribution in [1.29, 1.82) is 0 Å². The van der Waals surface area contributed by atoms with E-state index in [2.05, 4.69) is 5.32 Å². The lowest BCUT2D eigenvalue weighted by atomic mass is 10.1. The predicted molar refractivity (Wildman–Crippen MR) is 91.9 cm³/mol. The summed E-state index contributed by atoms with van der Waals surface area (Å²) in [5.74, 6) is 0.684. The molecule has 0 aromatic heterocycles. The Labute approximate surface area is 146 Å². The number of nitrogens with one attached hydrogen (secondary N) is 1. The van der Waals surface area contributed by atoms with E-state index >= 15 is 0 Å². The van der Waals surface area contributed by atoms with Gasteiger partial charge < -0.3 is 24.3 Å². The molecule has 7 nitrogen and oxygen atoms in total. The average Bonchev–Trinajstić information content (AvgIpc) is 2.58. The van der Waals surface area contributed by atoms with Crippen LogP contribution >= 0.6 is 0 Å². The second-order valence-electron chi connectivity index (χ2n) is 5.82. The van der Waals surface area contributed by atoms with Crippen molar-refractivity contribution in [3.05, 3.63) is 23.8 Å². The molecule has 0 saturated heterocycles. The van der Waals surface area contributed by atoms with Crippen molar-refractivity contribution in [2.24, 2.45) is 0 Å². The van der Waals surface area contributed by atoms with Crippen LogP contribution in [0.3, 0.4) is 0 Å². The van der Waals surface area contributed by atoms with Crippen molar-refractivity contribution >= 4 is 18.0 Å². The smallest absolute Gasteiger partial charge is 0.331 e. The molecule has 0 spiro atoms. The molecule has 0 aliphatic carbocycles. The first-order valence-electron chi connectivity index (χ1n) is 8.07. The van der Waals surface area contributed by atoms with Crippen LogP contribution in [0.2, 0.25) is 0 Å². The lowest BCUT2D eigenvalue weighted by Crippen LogP contribution is -2.39. The number of benzene rings is 1. The van der Waals surface area contributed by atoms with Crippen molar-refractivity contribution in [2.45, 2.75) is 32.9 Å². The van der Waals surface area contributed by atoms with Gasteiger partial charge in [0.15, 0.2) is 17.6 Å². The molecule has 1 N–H and O–H groups in total. The number of hydrogen-bond acceptors (Lipinski definition) is 6. The van der Waals surface area contributed by atoms with Crippen molar-refractivity contribution in [1.82, 2.24) is 5.32 Å². The van der Waals surface area contributed by atoms with Crippen LogP contribution in [0.25, 0.3) is 6.08 Å². The quantitative estimate of drug-likeness (QED) is 0.624. The lowest BCUT2D eigenvalue weighted by Gasteiger charge is -2.20. The highest BCUT2D eigenvalue weighted by Gasteiger charge is 2.19. The number of ether oxygens (including phenoxy) is 4. The summed E-state index contributed by atoms with van der Waals surface area (Å²) in [5, 5.41) is 2.68. The Kier molecular flexibility index (Phi) is 6.27. The topological polar surface area (TPSA) is 83.1 Å². The molecule has 2 rings (SSSR count). The minimum atomic E-state index is -0.866. The minimum Gasteiger partial charge on any atom is -0.493 e. The molecule has 0 saturated carbocycles. The number of esters is 1. The summed E-state index contributed by atoms with van der Waals surface area (Å²) in [6, 6.07) is 3.45. The van der Waals surface area contributed by atoms with Crippen LogP contribution in [0.5, 0.6) is 17.2 Å². The standard InChI is InChI=1S/C18H23NO6/c1-11(2)19-18(21)12(3)25-16(20)6-5-13-9-14(22-4)17-15(10-13)23-7-8-24-17/h5-6,9-12H,7-8H2,1-4H3,(H,19,21)/b6-5+/t12-/m1/s1. The van der Waals surface area contributed by atoms with Crippen LogP contribution < -0.4 is 19.5 Å². The largest absolute Gasteiger partial charge is 0.493 e. The molecule has 25 heavy (non-hydrogen) atoms. The molecule has 1 heterocycles. The second-order valence-corrected chi connectivity index (χ2v) is 5.82. The van der Waals surface area contributed by atoms with E-state index in [9.17, 15) is 9.59 Å². The summed E-state index contributed by atoms with van der Waals surface area (Å²) in [5.41, 5.74) is 0.692. The molecule has 1 aliphatic rings. The van der Waals surface area contributed by atoms with Crippen LogP contribution in [-0.4, -0.2) is 44.3 Å². The molecular formula is C18H23NO6. The first-order valence-corrected chi connectivity index (χ1v) is 8.07. The van der Waals surface area contributed by atoms with Gasteiger partial charge in [-0.2, -0.15) is 0 Å². The number of amides is 1. The molecule has 0 fully saturated rings. The fourth-order valence-corrected chi connectivity index (χ4v) is 2.22. The molecule has 0 bridgehead atoms. The van der Waals surface area contributed by atoms with Crippen molar-refractivity contribution < 1.29 is 28.5 Å². The zero-order valence-electron chi connectivity index (χ0n) is 14.8. The predicted octanol–water partition coefficient (Wildman–Crippen LogP) is 1.94. The molecular weight excluding hydrogens is 326 g/mol. The Bertz CT molecular complexity index is 651. The van der Waals surface area contributed by atoms with Gasteiger partial charge in [0.05, 0.1) is 7.11 Å². The third kappa shape index (κ3) is 5.14. The van der Waals surface area contributed by atoms with Crippen molar-refractivity contribution in [3.63, 3.8) is 0 Å². The van der Waals surface area contributed by atoms with Crippen LogP contribution in [0.1, 0.15) is 26.3 Å². The molecule has 1 aromatic carbocycles. The highest BCUT2D eigenvalue weighted by molar-refractivity contribution is 5.90. The van der Waals surface area contributed by atoms with Gasteiger partial charge >= 0.3 is 5.97 Å². The van der Waals surface area contributed by atoms with Gasteiger partial charge in [-0.05, 0) is 44.5 Å².